The summed E-state index contributed by atoms with van der Waals surface area (Å²) in [4.78, 5) is 17.3. The van der Waals surface area contributed by atoms with Crippen LogP contribution in [0.25, 0.3) is 10.8 Å². The van der Waals surface area contributed by atoms with E-state index in [1.807, 2.05) is 19.9 Å². The molecule has 1 atom stereocenters. The SMILES string of the molecule is Cc1sc(-c2ccco2)nc1C(=O)NCCCC(C)CO. The first kappa shape index (κ1) is 15.7. The predicted molar refractivity (Wildman–Crippen MR) is 82.4 cm³/mol. The van der Waals surface area contributed by atoms with Crippen molar-refractivity contribution in [3.8, 4) is 10.8 Å². The lowest BCUT2D eigenvalue weighted by Crippen LogP contribution is -2.25. The fraction of sp³-hybridized carbons (Fsp3) is 0.467. The minimum Gasteiger partial charge on any atom is -0.462 e. The Kier molecular flexibility index (Phi) is 5.52. The molecule has 0 aromatic carbocycles. The van der Waals surface area contributed by atoms with Gasteiger partial charge >= 0.3 is 0 Å². The summed E-state index contributed by atoms with van der Waals surface area (Å²) < 4.78 is 5.30. The zero-order valence-electron chi connectivity index (χ0n) is 12.3. The van der Waals surface area contributed by atoms with Crippen molar-refractivity contribution in [2.75, 3.05) is 13.2 Å². The van der Waals surface area contributed by atoms with Gasteiger partial charge in [0.05, 0.1) is 6.26 Å². The fourth-order valence-corrected chi connectivity index (χ4v) is 2.82. The van der Waals surface area contributed by atoms with Crippen molar-refractivity contribution < 1.29 is 14.3 Å². The molecule has 21 heavy (non-hydrogen) atoms. The molecule has 2 rings (SSSR count). The van der Waals surface area contributed by atoms with Gasteiger partial charge in [-0.25, -0.2) is 4.98 Å². The van der Waals surface area contributed by atoms with Crippen LogP contribution in [0.15, 0.2) is 22.8 Å². The minimum atomic E-state index is -0.154. The van der Waals surface area contributed by atoms with Crippen molar-refractivity contribution >= 4 is 17.2 Å². The van der Waals surface area contributed by atoms with E-state index < -0.39 is 0 Å². The van der Waals surface area contributed by atoms with Gasteiger partial charge in [0, 0.05) is 18.0 Å². The van der Waals surface area contributed by atoms with E-state index in [4.69, 9.17) is 9.52 Å². The van der Waals surface area contributed by atoms with E-state index in [9.17, 15) is 4.79 Å². The van der Waals surface area contributed by atoms with E-state index >= 15 is 0 Å². The average molecular weight is 308 g/mol. The van der Waals surface area contributed by atoms with Gasteiger partial charge in [-0.3, -0.25) is 4.79 Å². The Bertz CT molecular complexity index is 578. The summed E-state index contributed by atoms with van der Waals surface area (Å²) in [6.07, 6.45) is 3.33. The quantitative estimate of drug-likeness (QED) is 0.771. The van der Waals surface area contributed by atoms with Gasteiger partial charge in [0.1, 0.15) is 5.69 Å². The van der Waals surface area contributed by atoms with E-state index in [1.54, 1.807) is 12.3 Å². The molecule has 114 valence electrons. The van der Waals surface area contributed by atoms with E-state index in [0.717, 1.165) is 22.7 Å². The van der Waals surface area contributed by atoms with Crippen LogP contribution in [0.2, 0.25) is 0 Å². The highest BCUT2D eigenvalue weighted by Gasteiger charge is 2.17. The van der Waals surface area contributed by atoms with Gasteiger partial charge in [0.15, 0.2) is 10.8 Å². The minimum absolute atomic E-state index is 0.154. The standard InChI is InChI=1S/C15H20N2O3S/c1-10(9-18)5-3-7-16-14(19)13-11(2)21-15(17-13)12-6-4-8-20-12/h4,6,8,10,18H,3,5,7,9H2,1-2H3,(H,16,19). The van der Waals surface area contributed by atoms with Crippen LogP contribution in [0.4, 0.5) is 0 Å². The fourth-order valence-electron chi connectivity index (χ4n) is 1.94. The van der Waals surface area contributed by atoms with E-state index in [-0.39, 0.29) is 18.4 Å². The Morgan fingerprint density at radius 1 is 1.57 bits per heavy atom. The Labute approximate surface area is 128 Å². The maximum Gasteiger partial charge on any atom is 0.271 e. The Balaban J connectivity index is 1.91. The number of carbonyl (C=O) groups is 1. The van der Waals surface area contributed by atoms with Crippen LogP contribution in [-0.4, -0.2) is 29.1 Å². The summed E-state index contributed by atoms with van der Waals surface area (Å²) in [6.45, 7) is 4.65. The van der Waals surface area contributed by atoms with Crippen LogP contribution in [0.1, 0.15) is 35.1 Å². The first-order valence-corrected chi connectivity index (χ1v) is 7.83. The maximum absolute atomic E-state index is 12.1. The zero-order chi connectivity index (χ0) is 15.2. The van der Waals surface area contributed by atoms with Crippen LogP contribution >= 0.6 is 11.3 Å². The number of hydrogen-bond acceptors (Lipinski definition) is 5. The molecule has 0 spiro atoms. The van der Waals surface area contributed by atoms with Crippen LogP contribution in [-0.2, 0) is 0 Å². The number of rotatable bonds is 7. The highest BCUT2D eigenvalue weighted by atomic mass is 32.1. The van der Waals surface area contributed by atoms with E-state index in [0.29, 0.717) is 18.0 Å². The van der Waals surface area contributed by atoms with Crippen LogP contribution < -0.4 is 5.32 Å². The number of aliphatic hydroxyl groups excluding tert-OH is 1. The summed E-state index contributed by atoms with van der Waals surface area (Å²) in [5.74, 6) is 0.797. The molecule has 1 unspecified atom stereocenters. The van der Waals surface area contributed by atoms with Crippen molar-refractivity contribution in [1.82, 2.24) is 10.3 Å². The summed E-state index contributed by atoms with van der Waals surface area (Å²) in [5.41, 5.74) is 0.460. The third-order valence-corrected chi connectivity index (χ3v) is 4.20. The molecule has 2 heterocycles. The number of carbonyl (C=O) groups excluding carboxylic acids is 1. The first-order chi connectivity index (χ1) is 10.1. The number of nitrogens with zero attached hydrogens (tertiary/aromatic N) is 1. The molecule has 0 aliphatic heterocycles. The Morgan fingerprint density at radius 2 is 2.38 bits per heavy atom. The molecular formula is C15H20N2O3S. The molecule has 0 aliphatic rings. The molecule has 2 aromatic heterocycles. The number of aryl methyl sites for hydroxylation is 1. The first-order valence-electron chi connectivity index (χ1n) is 7.02. The van der Waals surface area contributed by atoms with Crippen molar-refractivity contribution in [3.05, 3.63) is 29.0 Å². The number of aromatic nitrogens is 1. The molecule has 0 fully saturated rings. The van der Waals surface area contributed by atoms with Gasteiger partial charge < -0.3 is 14.8 Å². The summed E-state index contributed by atoms with van der Waals surface area (Å²) in [5, 5.41) is 12.5. The van der Waals surface area contributed by atoms with Crippen molar-refractivity contribution in [1.29, 1.82) is 0 Å². The van der Waals surface area contributed by atoms with Crippen molar-refractivity contribution in [2.24, 2.45) is 5.92 Å². The summed E-state index contributed by atoms with van der Waals surface area (Å²) >= 11 is 1.45. The molecule has 0 bridgehead atoms. The van der Waals surface area contributed by atoms with Crippen LogP contribution in [0, 0.1) is 12.8 Å². The number of thiazole rings is 1. The number of nitrogens with one attached hydrogen (secondary N) is 1. The maximum atomic E-state index is 12.1. The molecule has 0 aliphatic carbocycles. The lowest BCUT2D eigenvalue weighted by atomic mass is 10.1. The second-order valence-electron chi connectivity index (χ2n) is 5.09. The lowest BCUT2D eigenvalue weighted by molar-refractivity contribution is 0.0947. The van der Waals surface area contributed by atoms with Gasteiger partial charge in [0.25, 0.3) is 5.91 Å². The smallest absolute Gasteiger partial charge is 0.271 e. The lowest BCUT2D eigenvalue weighted by Gasteiger charge is -2.07. The second-order valence-corrected chi connectivity index (χ2v) is 6.29. The van der Waals surface area contributed by atoms with Gasteiger partial charge in [-0.2, -0.15) is 0 Å². The molecule has 0 saturated heterocycles. The molecule has 2 N–H and O–H groups in total. The van der Waals surface area contributed by atoms with Gasteiger partial charge in [0.2, 0.25) is 0 Å². The summed E-state index contributed by atoms with van der Waals surface area (Å²) in [7, 11) is 0. The Morgan fingerprint density at radius 3 is 3.05 bits per heavy atom. The van der Waals surface area contributed by atoms with Crippen molar-refractivity contribution in [2.45, 2.75) is 26.7 Å². The molecule has 0 saturated carbocycles. The molecule has 1 amide bonds. The number of hydrogen-bond donors (Lipinski definition) is 2. The largest absolute Gasteiger partial charge is 0.462 e. The molecule has 5 nitrogen and oxygen atoms in total. The summed E-state index contributed by atoms with van der Waals surface area (Å²) in [6, 6.07) is 3.63. The highest BCUT2D eigenvalue weighted by molar-refractivity contribution is 7.15. The third-order valence-electron chi connectivity index (χ3n) is 3.21. The van der Waals surface area contributed by atoms with Crippen molar-refractivity contribution in [3.63, 3.8) is 0 Å². The molecular weight excluding hydrogens is 288 g/mol. The molecule has 0 radical (unpaired) electrons. The number of aliphatic hydroxyl groups is 1. The average Bonchev–Trinajstić information content (AvgIpc) is 3.12. The van der Waals surface area contributed by atoms with Gasteiger partial charge in [-0.15, -0.1) is 11.3 Å². The van der Waals surface area contributed by atoms with E-state index in [2.05, 4.69) is 10.3 Å². The number of amides is 1. The predicted octanol–water partition coefficient (Wildman–Crippen LogP) is 2.85. The Hall–Kier alpha value is -1.66. The molecule has 6 heteroatoms. The zero-order valence-corrected chi connectivity index (χ0v) is 13.1. The topological polar surface area (TPSA) is 75.4 Å². The number of furan rings is 1. The van der Waals surface area contributed by atoms with Crippen LogP contribution in [0.3, 0.4) is 0 Å². The monoisotopic (exact) mass is 308 g/mol. The second kappa shape index (κ2) is 7.38. The van der Waals surface area contributed by atoms with E-state index in [1.165, 1.54) is 11.3 Å². The van der Waals surface area contributed by atoms with Gasteiger partial charge in [-0.1, -0.05) is 6.92 Å². The van der Waals surface area contributed by atoms with Gasteiger partial charge in [-0.05, 0) is 37.8 Å². The highest BCUT2D eigenvalue weighted by Crippen LogP contribution is 2.27. The van der Waals surface area contributed by atoms with Crippen LogP contribution in [0.5, 0.6) is 0 Å². The molecule has 2 aromatic rings. The normalized spacial score (nSPS) is 12.3. The third kappa shape index (κ3) is 4.15.